The van der Waals surface area contributed by atoms with Gasteiger partial charge < -0.3 is 19.7 Å². The number of anilines is 1. The van der Waals surface area contributed by atoms with Crippen LogP contribution in [0.25, 0.3) is 0 Å². The molecule has 0 aromatic heterocycles. The first kappa shape index (κ1) is 32.9. The van der Waals surface area contributed by atoms with E-state index in [1.165, 1.54) is 25.2 Å². The van der Waals surface area contributed by atoms with E-state index in [0.29, 0.717) is 11.5 Å². The standard InChI is InChI=1S/C34H43N3O6S/c1-25-15-17-27(18-16-25)23-36(30(21-26-11-7-5-8-12-26)34(39)35-28-13-9-6-10-14-28)33(38)24-37(44(4,40)41)29-19-20-31(42-2)32(22-29)43-3/h5,7-8,11-12,15-20,22,28,30H,6,9-10,13-14,21,23-24H2,1-4H3,(H,35,39). The summed E-state index contributed by atoms with van der Waals surface area (Å²) in [4.78, 5) is 29.9. The van der Waals surface area contributed by atoms with E-state index in [-0.39, 0.29) is 30.6 Å². The molecule has 0 saturated heterocycles. The lowest BCUT2D eigenvalue weighted by Crippen LogP contribution is -2.55. The van der Waals surface area contributed by atoms with Gasteiger partial charge in [0.1, 0.15) is 12.6 Å². The molecule has 10 heteroatoms. The molecule has 1 atom stereocenters. The molecule has 0 heterocycles. The number of methoxy groups -OCH3 is 2. The minimum Gasteiger partial charge on any atom is -0.493 e. The van der Waals surface area contributed by atoms with Crippen molar-refractivity contribution in [1.82, 2.24) is 10.2 Å². The second kappa shape index (κ2) is 15.1. The molecule has 0 spiro atoms. The Morgan fingerprint density at radius 3 is 2.16 bits per heavy atom. The van der Waals surface area contributed by atoms with Crippen LogP contribution in [0.15, 0.2) is 72.8 Å². The van der Waals surface area contributed by atoms with Crippen LogP contribution in [0.4, 0.5) is 5.69 Å². The summed E-state index contributed by atoms with van der Waals surface area (Å²) in [6.07, 6.45) is 6.39. The highest BCUT2D eigenvalue weighted by atomic mass is 32.2. The molecule has 4 rings (SSSR count). The Morgan fingerprint density at radius 2 is 1.55 bits per heavy atom. The number of rotatable bonds is 13. The Hall–Kier alpha value is -4.05. The zero-order valence-electron chi connectivity index (χ0n) is 26.0. The number of aryl methyl sites for hydroxylation is 1. The van der Waals surface area contributed by atoms with Crippen molar-refractivity contribution in [1.29, 1.82) is 0 Å². The first-order valence-corrected chi connectivity index (χ1v) is 16.8. The minimum absolute atomic E-state index is 0.0464. The average Bonchev–Trinajstić information content (AvgIpc) is 3.02. The van der Waals surface area contributed by atoms with Crippen LogP contribution in [0.3, 0.4) is 0 Å². The van der Waals surface area contributed by atoms with E-state index >= 15 is 0 Å². The summed E-state index contributed by atoms with van der Waals surface area (Å²) in [5, 5.41) is 3.22. The zero-order chi connectivity index (χ0) is 31.7. The van der Waals surface area contributed by atoms with E-state index in [1.807, 2.05) is 61.5 Å². The lowest BCUT2D eigenvalue weighted by Gasteiger charge is -2.35. The molecule has 1 aliphatic carbocycles. The maximum atomic E-state index is 14.3. The molecule has 1 saturated carbocycles. The third kappa shape index (κ3) is 8.75. The fourth-order valence-corrected chi connectivity index (χ4v) is 6.42. The SMILES string of the molecule is COc1ccc(N(CC(=O)N(Cc2ccc(C)cc2)C(Cc2ccccc2)C(=O)NC2CCCCC2)S(C)(=O)=O)cc1OC. The second-order valence-electron chi connectivity index (χ2n) is 11.4. The number of hydrogen-bond donors (Lipinski definition) is 1. The second-order valence-corrected chi connectivity index (χ2v) is 13.3. The van der Waals surface area contributed by atoms with Gasteiger partial charge >= 0.3 is 0 Å². The van der Waals surface area contributed by atoms with Gasteiger partial charge in [-0.15, -0.1) is 0 Å². The third-order valence-electron chi connectivity index (χ3n) is 8.03. The maximum absolute atomic E-state index is 14.3. The van der Waals surface area contributed by atoms with Gasteiger partial charge in [-0.25, -0.2) is 8.42 Å². The van der Waals surface area contributed by atoms with E-state index in [1.54, 1.807) is 12.1 Å². The summed E-state index contributed by atoms with van der Waals surface area (Å²) in [7, 11) is -0.960. The molecule has 1 aliphatic rings. The van der Waals surface area contributed by atoms with Crippen molar-refractivity contribution in [3.8, 4) is 11.5 Å². The summed E-state index contributed by atoms with van der Waals surface area (Å²) in [6.45, 7) is 1.62. The van der Waals surface area contributed by atoms with Crippen molar-refractivity contribution in [3.63, 3.8) is 0 Å². The number of carbonyl (C=O) groups excluding carboxylic acids is 2. The van der Waals surface area contributed by atoms with Crippen molar-refractivity contribution in [3.05, 3.63) is 89.5 Å². The largest absolute Gasteiger partial charge is 0.493 e. The molecule has 1 fully saturated rings. The average molecular weight is 622 g/mol. The van der Waals surface area contributed by atoms with Crippen molar-refractivity contribution in [2.24, 2.45) is 0 Å². The van der Waals surface area contributed by atoms with Crippen molar-refractivity contribution >= 4 is 27.5 Å². The van der Waals surface area contributed by atoms with Gasteiger partial charge in [-0.05, 0) is 43.0 Å². The van der Waals surface area contributed by atoms with Gasteiger partial charge in [0.25, 0.3) is 0 Å². The lowest BCUT2D eigenvalue weighted by molar-refractivity contribution is -0.140. The number of ether oxygens (including phenoxy) is 2. The van der Waals surface area contributed by atoms with Gasteiger partial charge in [-0.1, -0.05) is 79.4 Å². The van der Waals surface area contributed by atoms with Gasteiger partial charge in [0.05, 0.1) is 26.2 Å². The van der Waals surface area contributed by atoms with Crippen molar-refractivity contribution in [2.75, 3.05) is 31.3 Å². The quantitative estimate of drug-likeness (QED) is 0.292. The molecule has 0 bridgehead atoms. The van der Waals surface area contributed by atoms with Crippen LogP contribution < -0.4 is 19.1 Å². The summed E-state index contributed by atoms with van der Waals surface area (Å²) >= 11 is 0. The maximum Gasteiger partial charge on any atom is 0.244 e. The number of carbonyl (C=O) groups is 2. The molecular formula is C34H43N3O6S. The van der Waals surface area contributed by atoms with E-state index < -0.39 is 28.5 Å². The van der Waals surface area contributed by atoms with Gasteiger partial charge in [-0.3, -0.25) is 13.9 Å². The zero-order valence-corrected chi connectivity index (χ0v) is 26.8. The molecule has 9 nitrogen and oxygen atoms in total. The van der Waals surface area contributed by atoms with Crippen LogP contribution in [0.2, 0.25) is 0 Å². The molecular weight excluding hydrogens is 578 g/mol. The molecule has 2 amide bonds. The van der Waals surface area contributed by atoms with Crippen molar-refractivity contribution < 1.29 is 27.5 Å². The molecule has 1 unspecified atom stereocenters. The van der Waals surface area contributed by atoms with Gasteiger partial charge in [0.15, 0.2) is 11.5 Å². The summed E-state index contributed by atoms with van der Waals surface area (Å²) < 4.78 is 38.0. The molecule has 3 aromatic rings. The Labute approximate surface area is 261 Å². The molecule has 236 valence electrons. The first-order chi connectivity index (χ1) is 21.1. The number of amides is 2. The number of hydrogen-bond acceptors (Lipinski definition) is 6. The van der Waals surface area contributed by atoms with Gasteiger partial charge in [-0.2, -0.15) is 0 Å². The monoisotopic (exact) mass is 621 g/mol. The molecule has 1 N–H and O–H groups in total. The summed E-state index contributed by atoms with van der Waals surface area (Å²) in [6, 6.07) is 21.2. The number of sulfonamides is 1. The fraction of sp³-hybridized carbons (Fsp3) is 0.412. The van der Waals surface area contributed by atoms with Crippen LogP contribution >= 0.6 is 0 Å². The Balaban J connectivity index is 1.73. The molecule has 44 heavy (non-hydrogen) atoms. The highest BCUT2D eigenvalue weighted by Gasteiger charge is 2.34. The van der Waals surface area contributed by atoms with Crippen LogP contribution in [0.1, 0.15) is 48.8 Å². The normalized spacial score (nSPS) is 14.4. The molecule has 0 aliphatic heterocycles. The summed E-state index contributed by atoms with van der Waals surface area (Å²) in [5.74, 6) is 0.0273. The number of nitrogens with zero attached hydrogens (tertiary/aromatic N) is 2. The van der Waals surface area contributed by atoms with Crippen LogP contribution in [-0.2, 0) is 32.6 Å². The highest BCUT2D eigenvalue weighted by Crippen LogP contribution is 2.32. The van der Waals surface area contributed by atoms with E-state index in [9.17, 15) is 18.0 Å². The smallest absolute Gasteiger partial charge is 0.244 e. The molecule has 3 aromatic carbocycles. The van der Waals surface area contributed by atoms with Gasteiger partial charge in [0.2, 0.25) is 21.8 Å². The Bertz CT molecular complexity index is 1510. The summed E-state index contributed by atoms with van der Waals surface area (Å²) in [5.41, 5.74) is 3.06. The van der Waals surface area contributed by atoms with Gasteiger partial charge in [0, 0.05) is 25.1 Å². The predicted octanol–water partition coefficient (Wildman–Crippen LogP) is 4.87. The minimum atomic E-state index is -3.91. The van der Waals surface area contributed by atoms with Crippen LogP contribution in [-0.4, -0.2) is 64.2 Å². The van der Waals surface area contributed by atoms with Crippen molar-refractivity contribution in [2.45, 2.75) is 64.1 Å². The topological polar surface area (TPSA) is 105 Å². The van der Waals surface area contributed by atoms with E-state index in [2.05, 4.69) is 5.32 Å². The van der Waals surface area contributed by atoms with Crippen LogP contribution in [0, 0.1) is 6.92 Å². The number of benzene rings is 3. The third-order valence-corrected chi connectivity index (χ3v) is 9.17. The highest BCUT2D eigenvalue weighted by molar-refractivity contribution is 7.92. The number of nitrogens with one attached hydrogen (secondary N) is 1. The van der Waals surface area contributed by atoms with Crippen LogP contribution in [0.5, 0.6) is 11.5 Å². The van der Waals surface area contributed by atoms with E-state index in [0.717, 1.165) is 59.4 Å². The fourth-order valence-electron chi connectivity index (χ4n) is 5.58. The Morgan fingerprint density at radius 1 is 0.886 bits per heavy atom. The molecule has 0 radical (unpaired) electrons. The Kier molecular flexibility index (Phi) is 11.3. The first-order valence-electron chi connectivity index (χ1n) is 15.0. The predicted molar refractivity (Wildman–Crippen MR) is 172 cm³/mol. The van der Waals surface area contributed by atoms with E-state index in [4.69, 9.17) is 9.47 Å². The lowest BCUT2D eigenvalue weighted by atomic mass is 9.94.